The first-order valence-electron chi connectivity index (χ1n) is 9.31. The van der Waals surface area contributed by atoms with Crippen LogP contribution < -0.4 is 10.9 Å². The minimum atomic E-state index is -0.489. The molecule has 4 fully saturated rings. The normalized spacial score (nSPS) is 32.4. The van der Waals surface area contributed by atoms with Crippen molar-refractivity contribution in [1.82, 2.24) is 10.9 Å². The van der Waals surface area contributed by atoms with Crippen LogP contribution in [-0.2, 0) is 4.79 Å². The number of phenolic OH excluding ortho intramolecular Hbond substituents is 1. The lowest BCUT2D eigenvalue weighted by Crippen LogP contribution is -2.50. The van der Waals surface area contributed by atoms with Crippen LogP contribution in [-0.4, -0.2) is 16.9 Å². The minimum absolute atomic E-state index is 0.0761. The lowest BCUT2D eigenvalue weighted by atomic mass is 9.49. The second-order valence-corrected chi connectivity index (χ2v) is 8.62. The third-order valence-electron chi connectivity index (χ3n) is 6.41. The highest BCUT2D eigenvalue weighted by Crippen LogP contribution is 2.61. The number of carbonyl (C=O) groups is 2. The SMILES string of the molecule is Cc1ccc(C(=O)NNC(=O)CC23CC4CC(CC(C4)C2)C3)c(O)c1. The molecule has 2 amide bonds. The van der Waals surface area contributed by atoms with Crippen molar-refractivity contribution in [3.05, 3.63) is 29.3 Å². The van der Waals surface area contributed by atoms with Gasteiger partial charge in [0.2, 0.25) is 5.91 Å². The van der Waals surface area contributed by atoms with Crippen LogP contribution in [0.15, 0.2) is 18.2 Å². The van der Waals surface area contributed by atoms with Crippen LogP contribution in [0.3, 0.4) is 0 Å². The number of carbonyl (C=O) groups excluding carboxylic acids is 2. The molecule has 0 spiro atoms. The zero-order valence-corrected chi connectivity index (χ0v) is 14.7. The van der Waals surface area contributed by atoms with Crippen molar-refractivity contribution in [3.8, 4) is 5.75 Å². The number of hydrogen-bond donors (Lipinski definition) is 3. The van der Waals surface area contributed by atoms with Crippen LogP contribution in [0.1, 0.15) is 60.9 Å². The highest BCUT2D eigenvalue weighted by molar-refractivity contribution is 5.97. The summed E-state index contributed by atoms with van der Waals surface area (Å²) in [5.41, 5.74) is 6.18. The third kappa shape index (κ3) is 3.24. The van der Waals surface area contributed by atoms with Crippen molar-refractivity contribution in [2.45, 2.75) is 51.9 Å². The van der Waals surface area contributed by atoms with Crippen molar-refractivity contribution in [1.29, 1.82) is 0 Å². The summed E-state index contributed by atoms with van der Waals surface area (Å²) >= 11 is 0. The highest BCUT2D eigenvalue weighted by atomic mass is 16.3. The van der Waals surface area contributed by atoms with Gasteiger partial charge in [-0.05, 0) is 86.3 Å². The first-order chi connectivity index (χ1) is 11.9. The van der Waals surface area contributed by atoms with Gasteiger partial charge in [-0.15, -0.1) is 0 Å². The van der Waals surface area contributed by atoms with Crippen LogP contribution in [0.5, 0.6) is 5.75 Å². The topological polar surface area (TPSA) is 78.4 Å². The summed E-state index contributed by atoms with van der Waals surface area (Å²) in [6.07, 6.45) is 8.05. The van der Waals surface area contributed by atoms with Gasteiger partial charge in [0.05, 0.1) is 5.56 Å². The summed E-state index contributed by atoms with van der Waals surface area (Å²) in [7, 11) is 0. The number of amides is 2. The smallest absolute Gasteiger partial charge is 0.273 e. The molecular weight excluding hydrogens is 316 g/mol. The average Bonchev–Trinajstić information content (AvgIpc) is 2.50. The molecule has 5 rings (SSSR count). The molecule has 0 atom stereocenters. The van der Waals surface area contributed by atoms with E-state index in [0.717, 1.165) is 23.3 Å². The average molecular weight is 342 g/mol. The van der Waals surface area contributed by atoms with E-state index in [1.807, 2.05) is 6.92 Å². The second-order valence-electron chi connectivity index (χ2n) is 8.62. The molecular formula is C20H26N2O3. The predicted molar refractivity (Wildman–Crippen MR) is 93.7 cm³/mol. The largest absolute Gasteiger partial charge is 0.507 e. The quantitative estimate of drug-likeness (QED) is 0.739. The summed E-state index contributed by atoms with van der Waals surface area (Å²) in [6.45, 7) is 1.84. The van der Waals surface area contributed by atoms with Gasteiger partial charge in [0.15, 0.2) is 0 Å². The molecule has 3 N–H and O–H groups in total. The van der Waals surface area contributed by atoms with Crippen molar-refractivity contribution in [2.75, 3.05) is 0 Å². The second kappa shape index (κ2) is 6.04. The van der Waals surface area contributed by atoms with Gasteiger partial charge >= 0.3 is 0 Å². The van der Waals surface area contributed by atoms with Gasteiger partial charge in [0.25, 0.3) is 5.91 Å². The lowest BCUT2D eigenvalue weighted by Gasteiger charge is -2.56. The molecule has 0 unspecified atom stereocenters. The Hall–Kier alpha value is -2.04. The van der Waals surface area contributed by atoms with E-state index in [0.29, 0.717) is 6.42 Å². The van der Waals surface area contributed by atoms with E-state index in [1.165, 1.54) is 44.6 Å². The Balaban J connectivity index is 1.34. The molecule has 0 aliphatic heterocycles. The molecule has 25 heavy (non-hydrogen) atoms. The van der Waals surface area contributed by atoms with Crippen LogP contribution in [0, 0.1) is 30.1 Å². The Morgan fingerprint density at radius 2 is 1.68 bits per heavy atom. The molecule has 4 bridgehead atoms. The summed E-state index contributed by atoms with van der Waals surface area (Å²) in [5.74, 6) is 1.72. The van der Waals surface area contributed by atoms with Gasteiger partial charge in [0, 0.05) is 6.42 Å². The van der Waals surface area contributed by atoms with E-state index < -0.39 is 5.91 Å². The first-order valence-corrected chi connectivity index (χ1v) is 9.31. The van der Waals surface area contributed by atoms with Gasteiger partial charge in [-0.2, -0.15) is 0 Å². The van der Waals surface area contributed by atoms with Gasteiger partial charge in [0.1, 0.15) is 5.75 Å². The Morgan fingerprint density at radius 3 is 2.24 bits per heavy atom. The van der Waals surface area contributed by atoms with E-state index >= 15 is 0 Å². The van der Waals surface area contributed by atoms with E-state index in [4.69, 9.17) is 0 Å². The van der Waals surface area contributed by atoms with Gasteiger partial charge in [-0.3, -0.25) is 20.4 Å². The Kier molecular flexibility index (Phi) is 3.97. The van der Waals surface area contributed by atoms with Crippen molar-refractivity contribution in [2.24, 2.45) is 23.2 Å². The molecule has 4 saturated carbocycles. The van der Waals surface area contributed by atoms with Crippen LogP contribution >= 0.6 is 0 Å². The molecule has 134 valence electrons. The van der Waals surface area contributed by atoms with E-state index in [-0.39, 0.29) is 22.6 Å². The van der Waals surface area contributed by atoms with Gasteiger partial charge in [-0.25, -0.2) is 0 Å². The Morgan fingerprint density at radius 1 is 1.08 bits per heavy atom. The summed E-state index contributed by atoms with van der Waals surface area (Å²) < 4.78 is 0. The van der Waals surface area contributed by atoms with Gasteiger partial charge in [-0.1, -0.05) is 6.07 Å². The molecule has 0 radical (unpaired) electrons. The zero-order chi connectivity index (χ0) is 17.6. The maximum Gasteiger partial charge on any atom is 0.273 e. The third-order valence-corrected chi connectivity index (χ3v) is 6.41. The molecule has 1 aromatic rings. The monoisotopic (exact) mass is 342 g/mol. The van der Waals surface area contributed by atoms with Crippen molar-refractivity contribution >= 4 is 11.8 Å². The fraction of sp³-hybridized carbons (Fsp3) is 0.600. The maximum absolute atomic E-state index is 12.4. The maximum atomic E-state index is 12.4. The minimum Gasteiger partial charge on any atom is -0.507 e. The molecule has 4 aliphatic carbocycles. The number of benzene rings is 1. The highest BCUT2D eigenvalue weighted by Gasteiger charge is 2.51. The van der Waals surface area contributed by atoms with Crippen LogP contribution in [0.25, 0.3) is 0 Å². The van der Waals surface area contributed by atoms with E-state index in [9.17, 15) is 14.7 Å². The summed E-state index contributed by atoms with van der Waals surface area (Å²) in [4.78, 5) is 24.6. The number of rotatable bonds is 3. The molecule has 1 aromatic carbocycles. The Labute approximate surface area is 148 Å². The summed E-state index contributed by atoms with van der Waals surface area (Å²) in [6, 6.07) is 4.85. The van der Waals surface area contributed by atoms with Crippen LogP contribution in [0.4, 0.5) is 0 Å². The standard InChI is InChI=1S/C20H26N2O3/c1-12-2-3-16(17(23)4-12)19(25)22-21-18(24)11-20-8-13-5-14(9-20)7-15(6-13)10-20/h2-4,13-15,23H,5-11H2,1H3,(H,21,24)(H,22,25). The van der Waals surface area contributed by atoms with Crippen molar-refractivity contribution < 1.29 is 14.7 Å². The first kappa shape index (κ1) is 16.4. The number of hydrazine groups is 1. The molecule has 4 aliphatic rings. The number of hydrogen-bond acceptors (Lipinski definition) is 3. The predicted octanol–water partition coefficient (Wildman–Crippen LogP) is 3.07. The molecule has 0 aromatic heterocycles. The fourth-order valence-electron chi connectivity index (χ4n) is 5.92. The summed E-state index contributed by atoms with van der Waals surface area (Å²) in [5, 5.41) is 9.86. The van der Waals surface area contributed by atoms with Crippen LogP contribution in [0.2, 0.25) is 0 Å². The molecule has 0 heterocycles. The van der Waals surface area contributed by atoms with Gasteiger partial charge < -0.3 is 5.11 Å². The van der Waals surface area contributed by atoms with E-state index in [2.05, 4.69) is 10.9 Å². The van der Waals surface area contributed by atoms with Crippen molar-refractivity contribution in [3.63, 3.8) is 0 Å². The Bertz CT molecular complexity index is 678. The number of nitrogens with one attached hydrogen (secondary N) is 2. The lowest BCUT2D eigenvalue weighted by molar-refractivity contribution is -0.130. The van der Waals surface area contributed by atoms with E-state index in [1.54, 1.807) is 12.1 Å². The number of aryl methyl sites for hydroxylation is 1. The molecule has 0 saturated heterocycles. The fourth-order valence-corrected chi connectivity index (χ4v) is 5.92. The molecule has 5 nitrogen and oxygen atoms in total. The number of aromatic hydroxyl groups is 1. The zero-order valence-electron chi connectivity index (χ0n) is 14.7. The molecule has 5 heteroatoms. The number of phenols is 1.